The van der Waals surface area contributed by atoms with E-state index in [1.165, 1.54) is 28.7 Å². The van der Waals surface area contributed by atoms with Crippen molar-refractivity contribution in [2.75, 3.05) is 19.4 Å². The molecule has 1 fully saturated rings. The van der Waals surface area contributed by atoms with Gasteiger partial charge in [-0.25, -0.2) is 0 Å². The Hall–Kier alpha value is -3.16. The monoisotopic (exact) mass is 511 g/mol. The Kier molecular flexibility index (Phi) is 11.8. The van der Waals surface area contributed by atoms with Crippen LogP contribution in [0.1, 0.15) is 80.9 Å². The predicted molar refractivity (Wildman–Crippen MR) is 149 cm³/mol. The van der Waals surface area contributed by atoms with Crippen LogP contribution in [0.4, 0.5) is 5.69 Å². The van der Waals surface area contributed by atoms with E-state index < -0.39 is 0 Å². The summed E-state index contributed by atoms with van der Waals surface area (Å²) in [5, 5.41) is 12.7. The van der Waals surface area contributed by atoms with Crippen LogP contribution >= 0.6 is 0 Å². The van der Waals surface area contributed by atoms with Crippen LogP contribution in [-0.4, -0.2) is 48.0 Å². The summed E-state index contributed by atoms with van der Waals surface area (Å²) in [6.07, 6.45) is 10.9. The first-order valence-electron chi connectivity index (χ1n) is 13.6. The summed E-state index contributed by atoms with van der Waals surface area (Å²) < 4.78 is 1.52. The van der Waals surface area contributed by atoms with E-state index in [-0.39, 0.29) is 29.2 Å². The second-order valence-electron chi connectivity index (χ2n) is 9.95. The molecule has 0 bridgehead atoms. The summed E-state index contributed by atoms with van der Waals surface area (Å²) in [5.41, 5.74) is 3.91. The van der Waals surface area contributed by atoms with E-state index >= 15 is 0 Å². The third-order valence-electron chi connectivity index (χ3n) is 7.34. The molecule has 2 aliphatic rings. The number of nitrogens with one attached hydrogen (secondary N) is 3. The minimum absolute atomic E-state index is 0.134. The molecule has 2 unspecified atom stereocenters. The van der Waals surface area contributed by atoms with Crippen LogP contribution in [0.25, 0.3) is 0 Å². The van der Waals surface area contributed by atoms with E-state index in [9.17, 15) is 14.4 Å². The van der Waals surface area contributed by atoms with Crippen LogP contribution in [0.3, 0.4) is 0 Å². The van der Waals surface area contributed by atoms with Crippen molar-refractivity contribution in [1.82, 2.24) is 20.4 Å². The van der Waals surface area contributed by atoms with Gasteiger partial charge in [0.1, 0.15) is 12.0 Å². The molecule has 0 saturated heterocycles. The van der Waals surface area contributed by atoms with Gasteiger partial charge in [-0.2, -0.15) is 5.10 Å². The van der Waals surface area contributed by atoms with Gasteiger partial charge in [0.15, 0.2) is 0 Å². The second-order valence-corrected chi connectivity index (χ2v) is 9.95. The summed E-state index contributed by atoms with van der Waals surface area (Å²) in [7, 11) is 5.33. The van der Waals surface area contributed by atoms with E-state index in [0.717, 1.165) is 50.5 Å². The number of aromatic nitrogens is 2. The van der Waals surface area contributed by atoms with Gasteiger partial charge in [0.2, 0.25) is 5.91 Å². The predicted octanol–water partition coefficient (Wildman–Crippen LogP) is 4.29. The van der Waals surface area contributed by atoms with E-state index in [4.69, 9.17) is 0 Å². The second kappa shape index (κ2) is 14.5. The number of amides is 2. The molecule has 3 N–H and O–H groups in total. The molecule has 8 heteroatoms. The van der Waals surface area contributed by atoms with Crippen LogP contribution in [0.5, 0.6) is 0 Å². The minimum Gasteiger partial charge on any atom is -0.388 e. The Morgan fingerprint density at radius 3 is 2.24 bits per heavy atom. The largest absolute Gasteiger partial charge is 0.388 e. The zero-order valence-electron chi connectivity index (χ0n) is 23.4. The number of anilines is 1. The maximum atomic E-state index is 12.1. The molecular formula is C29H45N5O3. The van der Waals surface area contributed by atoms with E-state index in [1.54, 1.807) is 26.4 Å². The zero-order chi connectivity index (χ0) is 27.4. The molecule has 2 atom stereocenters. The van der Waals surface area contributed by atoms with Gasteiger partial charge < -0.3 is 20.7 Å². The van der Waals surface area contributed by atoms with E-state index in [2.05, 4.69) is 39.2 Å². The Morgan fingerprint density at radius 1 is 1.05 bits per heavy atom. The Morgan fingerprint density at radius 2 is 1.70 bits per heavy atom. The summed E-state index contributed by atoms with van der Waals surface area (Å²) in [4.78, 5) is 35.2. The van der Waals surface area contributed by atoms with Crippen molar-refractivity contribution < 1.29 is 14.4 Å². The number of hydrogen-bond donors (Lipinski definition) is 3. The van der Waals surface area contributed by atoms with Crippen molar-refractivity contribution in [3.05, 3.63) is 47.3 Å². The molecule has 0 aliphatic heterocycles. The summed E-state index contributed by atoms with van der Waals surface area (Å²) in [5.74, 6) is 0.188. The number of fused-ring (bicyclic) bond motifs is 1. The smallest absolute Gasteiger partial charge is 0.270 e. The molecule has 2 aromatic rings. The number of aldehydes is 1. The van der Waals surface area contributed by atoms with Crippen LogP contribution in [0, 0.1) is 11.3 Å². The zero-order valence-corrected chi connectivity index (χ0v) is 23.4. The highest BCUT2D eigenvalue weighted by Gasteiger charge is 2.38. The molecular weight excluding hydrogens is 466 g/mol. The highest BCUT2D eigenvalue weighted by atomic mass is 16.2. The van der Waals surface area contributed by atoms with Crippen molar-refractivity contribution in [3.8, 4) is 0 Å². The van der Waals surface area contributed by atoms with Gasteiger partial charge in [0, 0.05) is 33.0 Å². The average molecular weight is 512 g/mol. The van der Waals surface area contributed by atoms with Crippen molar-refractivity contribution >= 4 is 23.8 Å². The summed E-state index contributed by atoms with van der Waals surface area (Å²) in [6.45, 7) is 6.03. The number of hydrogen-bond acceptors (Lipinski definition) is 5. The third kappa shape index (κ3) is 7.91. The first kappa shape index (κ1) is 30.1. The number of rotatable bonds is 6. The van der Waals surface area contributed by atoms with Crippen LogP contribution < -0.4 is 16.0 Å². The fraction of sp³-hybridized carbons (Fsp3) is 0.586. The Labute approximate surface area is 222 Å². The SMILES string of the molecule is CC.CNC(=O)C1(C)Cc2ccc(NC)cc2C1.Cn1nccc1C(=O)NC(C=O)C1CCCCCC1. The Bertz CT molecular complexity index is 1030. The fourth-order valence-electron chi connectivity index (χ4n) is 5.24. The van der Waals surface area contributed by atoms with Crippen LogP contribution in [-0.2, 0) is 29.5 Å². The molecule has 37 heavy (non-hydrogen) atoms. The number of benzene rings is 1. The van der Waals surface area contributed by atoms with Gasteiger partial charge in [-0.05, 0) is 60.9 Å². The van der Waals surface area contributed by atoms with Gasteiger partial charge in [-0.15, -0.1) is 0 Å². The lowest BCUT2D eigenvalue weighted by Crippen LogP contribution is -2.42. The molecule has 8 nitrogen and oxygen atoms in total. The lowest BCUT2D eigenvalue weighted by Gasteiger charge is -2.22. The van der Waals surface area contributed by atoms with Crippen LogP contribution in [0.15, 0.2) is 30.5 Å². The van der Waals surface area contributed by atoms with Gasteiger partial charge in [-0.1, -0.05) is 52.5 Å². The number of nitrogens with zero attached hydrogens (tertiary/aromatic N) is 2. The molecule has 204 valence electrons. The standard InChI is InChI=1S/C14H21N3O2.C13H18N2O.C2H6/c1-17-13(8-9-15-17)14(19)16-12(10-18)11-6-4-2-3-5-7-11;1-13(12(16)15-3)7-9-4-5-11(14-2)6-10(9)8-13;1-2/h8-12H,2-7H2,1H3,(H,16,19);4-6,14H,7-8H2,1-3H3,(H,15,16);1-2H3. The molecule has 1 heterocycles. The quantitative estimate of drug-likeness (QED) is 0.396. The van der Waals surface area contributed by atoms with Crippen molar-refractivity contribution in [1.29, 1.82) is 0 Å². The maximum Gasteiger partial charge on any atom is 0.270 e. The lowest BCUT2D eigenvalue weighted by molar-refractivity contribution is -0.129. The highest BCUT2D eigenvalue weighted by Crippen LogP contribution is 2.38. The van der Waals surface area contributed by atoms with Gasteiger partial charge in [-0.3, -0.25) is 14.3 Å². The topological polar surface area (TPSA) is 105 Å². The molecule has 0 spiro atoms. The van der Waals surface area contributed by atoms with E-state index in [0.29, 0.717) is 5.69 Å². The van der Waals surface area contributed by atoms with Crippen molar-refractivity contribution in [2.24, 2.45) is 18.4 Å². The van der Waals surface area contributed by atoms with Gasteiger partial charge >= 0.3 is 0 Å². The van der Waals surface area contributed by atoms with Crippen molar-refractivity contribution in [2.45, 2.75) is 78.2 Å². The van der Waals surface area contributed by atoms with Crippen LogP contribution in [0.2, 0.25) is 0 Å². The van der Waals surface area contributed by atoms with Gasteiger partial charge in [0.25, 0.3) is 5.91 Å². The minimum atomic E-state index is -0.375. The first-order valence-corrected chi connectivity index (χ1v) is 13.6. The molecule has 4 rings (SSSR count). The summed E-state index contributed by atoms with van der Waals surface area (Å²) >= 11 is 0. The van der Waals surface area contributed by atoms with Gasteiger partial charge in [0.05, 0.1) is 11.5 Å². The summed E-state index contributed by atoms with van der Waals surface area (Å²) in [6, 6.07) is 7.61. The molecule has 1 aromatic carbocycles. The lowest BCUT2D eigenvalue weighted by atomic mass is 9.86. The molecule has 0 radical (unpaired) electrons. The number of aryl methyl sites for hydroxylation is 1. The maximum absolute atomic E-state index is 12.1. The average Bonchev–Trinajstić information content (AvgIpc) is 3.39. The highest BCUT2D eigenvalue weighted by molar-refractivity contribution is 5.94. The molecule has 2 amide bonds. The van der Waals surface area contributed by atoms with E-state index in [1.807, 2.05) is 27.8 Å². The first-order chi connectivity index (χ1) is 17.8. The number of carbonyl (C=O) groups is 3. The Balaban J connectivity index is 0.000000247. The fourth-order valence-corrected chi connectivity index (χ4v) is 5.24. The molecule has 1 aromatic heterocycles. The third-order valence-corrected chi connectivity index (χ3v) is 7.34. The normalized spacial score (nSPS) is 19.5. The number of carbonyl (C=O) groups excluding carboxylic acids is 3. The molecule has 2 aliphatic carbocycles. The van der Waals surface area contributed by atoms with Crippen molar-refractivity contribution in [3.63, 3.8) is 0 Å². The molecule has 1 saturated carbocycles.